The van der Waals surface area contributed by atoms with Crippen LogP contribution in [0.3, 0.4) is 0 Å². The predicted molar refractivity (Wildman–Crippen MR) is 148 cm³/mol. The average Bonchev–Trinajstić information content (AvgIpc) is 3.38. The molecule has 35 heavy (non-hydrogen) atoms. The molecule has 6 heteroatoms. The van der Waals surface area contributed by atoms with E-state index < -0.39 is 0 Å². The van der Waals surface area contributed by atoms with Crippen molar-refractivity contribution in [3.05, 3.63) is 57.8 Å². The minimum absolute atomic E-state index is 0.142. The van der Waals surface area contributed by atoms with Crippen molar-refractivity contribution >= 4 is 47.1 Å². The van der Waals surface area contributed by atoms with Crippen molar-refractivity contribution in [2.45, 2.75) is 39.5 Å². The van der Waals surface area contributed by atoms with Gasteiger partial charge in [-0.3, -0.25) is 0 Å². The average molecular weight is 549 g/mol. The van der Waals surface area contributed by atoms with E-state index >= 15 is 0 Å². The summed E-state index contributed by atoms with van der Waals surface area (Å²) in [4.78, 5) is 24.2. The molecule has 4 aliphatic rings. The van der Waals surface area contributed by atoms with Crippen molar-refractivity contribution in [2.75, 3.05) is 38.1 Å². The number of hydrogen-bond acceptors (Lipinski definition) is 4. The fourth-order valence-corrected chi connectivity index (χ4v) is 9.57. The Hall–Kier alpha value is -2.40. The first-order valence-corrected chi connectivity index (χ1v) is 15.3. The molecule has 0 saturated heterocycles. The second-order valence-corrected chi connectivity index (χ2v) is 12.7. The Labute approximate surface area is 217 Å². The van der Waals surface area contributed by atoms with Gasteiger partial charge in [-0.05, 0) is 0 Å². The molecule has 2 aromatic rings. The first-order valence-electron chi connectivity index (χ1n) is 12.8. The summed E-state index contributed by atoms with van der Waals surface area (Å²) in [5.41, 5.74) is 7.31. The first kappa shape index (κ1) is 23.0. The third-order valence-electron chi connectivity index (χ3n) is 7.56. The van der Waals surface area contributed by atoms with E-state index in [0.717, 1.165) is 23.3 Å². The summed E-state index contributed by atoms with van der Waals surface area (Å²) in [6, 6.07) is 13.4. The predicted octanol–water partition coefficient (Wildman–Crippen LogP) is 5.44. The molecule has 0 saturated carbocycles. The number of nitrogens with zero attached hydrogens (tertiary/aromatic N) is 3. The Morgan fingerprint density at radius 1 is 1.09 bits per heavy atom. The third-order valence-corrected chi connectivity index (χ3v) is 11.2. The van der Waals surface area contributed by atoms with Gasteiger partial charge in [-0.25, -0.2) is 0 Å². The fourth-order valence-electron chi connectivity index (χ4n) is 5.85. The Kier molecular flexibility index (Phi) is 6.08. The van der Waals surface area contributed by atoms with Crippen LogP contribution in [0.4, 0.5) is 5.69 Å². The first-order chi connectivity index (χ1) is 17.1. The molecule has 0 bridgehead atoms. The van der Waals surface area contributed by atoms with Crippen molar-refractivity contribution < 1.29 is 4.79 Å². The number of anilines is 1. The summed E-state index contributed by atoms with van der Waals surface area (Å²) >= 11 is 1.90. The molecule has 0 N–H and O–H groups in total. The molecular weight excluding hydrogens is 517 g/mol. The van der Waals surface area contributed by atoms with E-state index in [4.69, 9.17) is 0 Å². The van der Waals surface area contributed by atoms with Crippen LogP contribution in [-0.2, 0) is 12.8 Å². The van der Waals surface area contributed by atoms with Gasteiger partial charge < -0.3 is 0 Å². The van der Waals surface area contributed by atoms with Gasteiger partial charge in [-0.15, -0.1) is 0 Å². The Bertz CT molecular complexity index is 1480. The van der Waals surface area contributed by atoms with E-state index in [2.05, 4.69) is 54.1 Å². The van der Waals surface area contributed by atoms with Crippen LogP contribution < -0.4 is 10.3 Å². The number of amides is 1. The maximum atomic E-state index is 13.1. The van der Waals surface area contributed by atoms with Gasteiger partial charge in [0.2, 0.25) is 0 Å². The number of fused-ring (bicyclic) bond motifs is 3. The second-order valence-electron chi connectivity index (χ2n) is 9.46. The van der Waals surface area contributed by atoms with Gasteiger partial charge in [0, 0.05) is 0 Å². The maximum absolute atomic E-state index is 13.1. The van der Waals surface area contributed by atoms with E-state index in [0.29, 0.717) is 0 Å². The zero-order valence-electron chi connectivity index (χ0n) is 20.7. The molecule has 180 valence electrons. The molecule has 1 amide bonds. The van der Waals surface area contributed by atoms with Crippen molar-refractivity contribution in [3.63, 3.8) is 0 Å². The van der Waals surface area contributed by atoms with Gasteiger partial charge in [-0.1, -0.05) is 0 Å². The van der Waals surface area contributed by atoms with E-state index in [-0.39, 0.29) is 20.4 Å². The molecule has 1 aromatic carbocycles. The zero-order chi connectivity index (χ0) is 24.1. The van der Waals surface area contributed by atoms with Crippen LogP contribution in [0.2, 0.25) is 0 Å². The second kappa shape index (κ2) is 9.24. The number of carbonyl (C=O) groups excluding carboxylic acids is 1. The summed E-state index contributed by atoms with van der Waals surface area (Å²) in [5.74, 6) is 0.142. The number of rotatable bonds is 4. The molecule has 0 spiro atoms. The summed E-state index contributed by atoms with van der Waals surface area (Å²) in [5, 5.41) is 2.46. The molecule has 0 atom stereocenters. The van der Waals surface area contributed by atoms with Gasteiger partial charge in [0.15, 0.2) is 0 Å². The van der Waals surface area contributed by atoms with E-state index in [1.807, 2.05) is 18.0 Å². The molecule has 3 aliphatic heterocycles. The minimum atomic E-state index is 0.142. The SMILES string of the molecule is CCN(CC)C(=O)c1ccc(-c2c3ccc(=NC)cc-3[se]c3c4c5c(cc23)CCCN5CCC4)s1. The Morgan fingerprint density at radius 2 is 1.89 bits per heavy atom. The molecule has 1 aromatic heterocycles. The van der Waals surface area contributed by atoms with Crippen molar-refractivity contribution in [1.29, 1.82) is 0 Å². The number of aryl methyl sites for hydroxylation is 2. The van der Waals surface area contributed by atoms with E-state index in [1.165, 1.54) is 70.2 Å². The number of hydrogen-bond donors (Lipinski definition) is 0. The third kappa shape index (κ3) is 3.78. The summed E-state index contributed by atoms with van der Waals surface area (Å²) in [7, 11) is 1.87. The molecule has 4 nitrogen and oxygen atoms in total. The van der Waals surface area contributed by atoms with Crippen LogP contribution in [0.1, 0.15) is 47.5 Å². The quantitative estimate of drug-likeness (QED) is 0.252. The molecule has 0 unspecified atom stereocenters. The summed E-state index contributed by atoms with van der Waals surface area (Å²) in [6.07, 6.45) is 4.83. The van der Waals surface area contributed by atoms with Crippen LogP contribution in [0, 0.1) is 0 Å². The number of carbonyl (C=O) groups is 1. The van der Waals surface area contributed by atoms with Crippen molar-refractivity contribution in [2.24, 2.45) is 4.99 Å². The van der Waals surface area contributed by atoms with Crippen LogP contribution in [0.5, 0.6) is 0 Å². The van der Waals surface area contributed by atoms with Crippen LogP contribution in [-0.4, -0.2) is 58.5 Å². The van der Waals surface area contributed by atoms with Gasteiger partial charge >= 0.3 is 218 Å². The normalized spacial score (nSPS) is 15.6. The Balaban J connectivity index is 1.65. The Morgan fingerprint density at radius 3 is 2.66 bits per heavy atom. The van der Waals surface area contributed by atoms with Crippen molar-refractivity contribution in [1.82, 2.24) is 4.90 Å². The van der Waals surface area contributed by atoms with Gasteiger partial charge in [0.1, 0.15) is 0 Å². The molecule has 6 rings (SSSR count). The molecule has 0 fully saturated rings. The van der Waals surface area contributed by atoms with Crippen LogP contribution in [0.25, 0.3) is 30.1 Å². The number of thiophene rings is 1. The van der Waals surface area contributed by atoms with Gasteiger partial charge in [0.05, 0.1) is 0 Å². The summed E-state index contributed by atoms with van der Waals surface area (Å²) < 4.78 is 2.97. The topological polar surface area (TPSA) is 35.9 Å². The fraction of sp³-hybridized carbons (Fsp3) is 0.379. The van der Waals surface area contributed by atoms with Crippen molar-refractivity contribution in [3.8, 4) is 20.4 Å². The van der Waals surface area contributed by atoms with Gasteiger partial charge in [0.25, 0.3) is 0 Å². The van der Waals surface area contributed by atoms with Gasteiger partial charge in [-0.2, -0.15) is 0 Å². The van der Waals surface area contributed by atoms with E-state index in [9.17, 15) is 4.79 Å². The molecule has 1 aliphatic carbocycles. The number of benzene rings is 2. The van der Waals surface area contributed by atoms with E-state index in [1.54, 1.807) is 26.8 Å². The zero-order valence-corrected chi connectivity index (χ0v) is 23.2. The summed E-state index contributed by atoms with van der Waals surface area (Å²) in [6.45, 7) is 7.97. The molecule has 4 heterocycles. The monoisotopic (exact) mass is 549 g/mol. The van der Waals surface area contributed by atoms with Crippen LogP contribution in [0.15, 0.2) is 41.4 Å². The standard InChI is InChI=1S/C29H31N3OSSe/c1-4-31(5-2)29(33)24-13-12-23(34-24)26-20-11-10-19(30-3)17-25(20)35-28-21-9-7-15-32-14-6-8-18(27(21)32)16-22(26)28/h10-13,16-17H,4-9,14-15H2,1-3H3. The molecule has 0 radical (unpaired) electrons. The van der Waals surface area contributed by atoms with Crippen LogP contribution >= 0.6 is 11.3 Å². The molecular formula is C29H31N3OSSe.